The van der Waals surface area contributed by atoms with Gasteiger partial charge in [-0.25, -0.2) is 4.79 Å². The summed E-state index contributed by atoms with van der Waals surface area (Å²) in [6, 6.07) is 15.0. The molecule has 1 unspecified atom stereocenters. The number of hydrogen-bond donors (Lipinski definition) is 2. The molecule has 0 bridgehead atoms. The van der Waals surface area contributed by atoms with Gasteiger partial charge in [0.25, 0.3) is 0 Å². The molecule has 0 aliphatic carbocycles. The van der Waals surface area contributed by atoms with Gasteiger partial charge in [-0.3, -0.25) is 9.36 Å². The zero-order valence-electron chi connectivity index (χ0n) is 23.5. The van der Waals surface area contributed by atoms with Crippen molar-refractivity contribution in [2.24, 2.45) is 13.0 Å². The first-order valence-electron chi connectivity index (χ1n) is 13.6. The van der Waals surface area contributed by atoms with Gasteiger partial charge in [-0.05, 0) is 61.7 Å². The van der Waals surface area contributed by atoms with Crippen LogP contribution in [0.5, 0.6) is 0 Å². The Morgan fingerprint density at radius 3 is 2.49 bits per heavy atom. The zero-order valence-corrected chi connectivity index (χ0v) is 23.5. The van der Waals surface area contributed by atoms with E-state index in [0.29, 0.717) is 25.2 Å². The van der Waals surface area contributed by atoms with Crippen molar-refractivity contribution in [2.45, 2.75) is 58.3 Å². The number of benzene rings is 2. The highest BCUT2D eigenvalue weighted by molar-refractivity contribution is 5.82. The molecule has 0 spiro atoms. The van der Waals surface area contributed by atoms with Crippen molar-refractivity contribution in [1.29, 1.82) is 5.26 Å². The molecule has 2 N–H and O–H groups in total. The van der Waals surface area contributed by atoms with E-state index in [9.17, 15) is 14.9 Å². The van der Waals surface area contributed by atoms with E-state index in [1.807, 2.05) is 64.2 Å². The van der Waals surface area contributed by atoms with Crippen LogP contribution in [-0.2, 0) is 27.7 Å². The minimum atomic E-state index is -0.692. The highest BCUT2D eigenvalue weighted by atomic mass is 16.5. The quantitative estimate of drug-likeness (QED) is 0.303. The predicted molar refractivity (Wildman–Crippen MR) is 151 cm³/mol. The Balaban J connectivity index is 1.65. The number of aromatic nitrogens is 1. The number of oxazole rings is 1. The molecule has 9 heteroatoms. The molecule has 9 nitrogen and oxygen atoms in total. The van der Waals surface area contributed by atoms with Gasteiger partial charge in [0.2, 0.25) is 5.91 Å². The fraction of sp³-hybridized carbons (Fsp3) is 0.500. The van der Waals surface area contributed by atoms with Crippen LogP contribution in [0.4, 0.5) is 0 Å². The number of amides is 1. The topological polar surface area (TPSA) is 119 Å². The molecule has 39 heavy (non-hydrogen) atoms. The first-order valence-corrected chi connectivity index (χ1v) is 13.6. The monoisotopic (exact) mass is 536 g/mol. The van der Waals surface area contributed by atoms with Crippen molar-refractivity contribution < 1.29 is 18.7 Å². The Bertz CT molecular complexity index is 1310. The second-order valence-electron chi connectivity index (χ2n) is 9.81. The number of fused-ring (bicyclic) bond motifs is 1. The third kappa shape index (κ3) is 8.02. The lowest BCUT2D eigenvalue weighted by Gasteiger charge is -2.26. The zero-order chi connectivity index (χ0) is 28.4. The first kappa shape index (κ1) is 30.1. The number of hydrogen-bond acceptors (Lipinski definition) is 7. The van der Waals surface area contributed by atoms with Crippen molar-refractivity contribution >= 4 is 17.0 Å². The third-order valence-electron chi connectivity index (χ3n) is 6.99. The summed E-state index contributed by atoms with van der Waals surface area (Å²) in [5, 5.41) is 15.8. The Morgan fingerprint density at radius 2 is 1.85 bits per heavy atom. The molecule has 1 heterocycles. The lowest BCUT2D eigenvalue weighted by molar-refractivity contribution is -0.140. The Labute approximate surface area is 230 Å². The lowest BCUT2D eigenvalue weighted by atomic mass is 9.99. The van der Waals surface area contributed by atoms with Crippen molar-refractivity contribution in [3.63, 3.8) is 0 Å². The maximum Gasteiger partial charge on any atom is 0.419 e. The van der Waals surface area contributed by atoms with Gasteiger partial charge in [-0.1, -0.05) is 50.6 Å². The number of carbonyl (C=O) groups is 1. The second-order valence-corrected chi connectivity index (χ2v) is 9.81. The highest BCUT2D eigenvalue weighted by Crippen LogP contribution is 2.24. The third-order valence-corrected chi connectivity index (χ3v) is 6.99. The normalized spacial score (nSPS) is 14.5. The first-order chi connectivity index (χ1) is 18.8. The fourth-order valence-electron chi connectivity index (χ4n) is 4.44. The summed E-state index contributed by atoms with van der Waals surface area (Å²) in [6.45, 7) is 7.62. The number of aryl methyl sites for hydroxylation is 1. The largest absolute Gasteiger partial charge is 0.419 e. The molecule has 1 aromatic heterocycles. The minimum absolute atomic E-state index is 0.0118. The van der Waals surface area contributed by atoms with E-state index in [1.54, 1.807) is 13.1 Å². The van der Waals surface area contributed by atoms with E-state index >= 15 is 0 Å². The van der Waals surface area contributed by atoms with Gasteiger partial charge in [-0.2, -0.15) is 5.26 Å². The Hall–Kier alpha value is -3.45. The summed E-state index contributed by atoms with van der Waals surface area (Å²) in [5.74, 6) is -0.691. The van der Waals surface area contributed by atoms with Crippen molar-refractivity contribution in [1.82, 2.24) is 15.2 Å². The summed E-state index contributed by atoms with van der Waals surface area (Å²) in [6.07, 6.45) is 1.15. The number of rotatable bonds is 15. The van der Waals surface area contributed by atoms with Crippen molar-refractivity contribution in [3.05, 3.63) is 58.6 Å². The molecule has 0 saturated carbocycles. The second kappa shape index (κ2) is 14.6. The van der Waals surface area contributed by atoms with E-state index in [4.69, 9.17) is 13.9 Å². The van der Waals surface area contributed by atoms with Gasteiger partial charge >= 0.3 is 5.76 Å². The molecule has 3 aromatic rings. The minimum Gasteiger partial charge on any atom is -0.408 e. The van der Waals surface area contributed by atoms with E-state index in [0.717, 1.165) is 41.6 Å². The molecule has 0 radical (unpaired) electrons. The van der Waals surface area contributed by atoms with Crippen LogP contribution >= 0.6 is 0 Å². The SMILES string of the molecule is CCO[C@H](CCNC)CO[C@H](C(=O)N[C@H](C#N)Cc1ccc(-c2ccc3oc(=O)n(C)c3c2)cc1)C(C)CC. The van der Waals surface area contributed by atoms with Crippen LogP contribution in [0.3, 0.4) is 0 Å². The molecule has 2 aromatic carbocycles. The number of nitriles is 1. The maximum atomic E-state index is 13.2. The number of nitrogens with zero attached hydrogens (tertiary/aromatic N) is 2. The van der Waals surface area contributed by atoms with Gasteiger partial charge in [0.15, 0.2) is 5.58 Å². The lowest BCUT2D eigenvalue weighted by Crippen LogP contribution is -2.46. The van der Waals surface area contributed by atoms with Gasteiger partial charge < -0.3 is 24.5 Å². The van der Waals surface area contributed by atoms with Crippen molar-refractivity contribution in [3.8, 4) is 17.2 Å². The van der Waals surface area contributed by atoms with Crippen LogP contribution in [0.1, 0.15) is 39.2 Å². The highest BCUT2D eigenvalue weighted by Gasteiger charge is 2.28. The summed E-state index contributed by atoms with van der Waals surface area (Å²) in [5.41, 5.74) is 4.11. The molecule has 0 aliphatic rings. The number of ether oxygens (including phenoxy) is 2. The summed E-state index contributed by atoms with van der Waals surface area (Å²) < 4.78 is 18.5. The fourth-order valence-corrected chi connectivity index (χ4v) is 4.44. The van der Waals surface area contributed by atoms with E-state index < -0.39 is 17.9 Å². The average Bonchev–Trinajstić information content (AvgIpc) is 3.23. The van der Waals surface area contributed by atoms with Crippen LogP contribution in [-0.4, -0.2) is 55.5 Å². The molecule has 210 valence electrons. The van der Waals surface area contributed by atoms with Gasteiger partial charge in [0.05, 0.1) is 24.3 Å². The summed E-state index contributed by atoms with van der Waals surface area (Å²) >= 11 is 0. The standard InChI is InChI=1S/C30H40N4O5/c1-6-20(3)28(38-19-25(37-7-2)14-15-32-4)29(35)33-24(18-31)16-21-8-10-22(11-9-21)23-12-13-27-26(17-23)34(5)30(36)39-27/h8-13,17,20,24-25,28,32H,6-7,14-16,19H2,1-5H3,(H,33,35)/t20?,24-,25+,28-/m0/s1. The van der Waals surface area contributed by atoms with Crippen LogP contribution in [0, 0.1) is 17.2 Å². The molecular weight excluding hydrogens is 496 g/mol. The van der Waals surface area contributed by atoms with Gasteiger partial charge in [0, 0.05) is 20.1 Å². The van der Waals surface area contributed by atoms with E-state index in [1.165, 1.54) is 4.57 Å². The smallest absolute Gasteiger partial charge is 0.408 e. The van der Waals surface area contributed by atoms with Gasteiger partial charge in [-0.15, -0.1) is 0 Å². The number of nitrogens with one attached hydrogen (secondary N) is 2. The molecule has 0 fully saturated rings. The Kier molecular flexibility index (Phi) is 11.3. The summed E-state index contributed by atoms with van der Waals surface area (Å²) in [7, 11) is 3.56. The van der Waals surface area contributed by atoms with Crippen LogP contribution in [0.2, 0.25) is 0 Å². The van der Waals surface area contributed by atoms with Crippen LogP contribution in [0.25, 0.3) is 22.2 Å². The molecule has 0 aliphatic heterocycles. The van der Waals surface area contributed by atoms with Crippen molar-refractivity contribution in [2.75, 3.05) is 26.8 Å². The van der Waals surface area contributed by atoms with E-state index in [2.05, 4.69) is 16.7 Å². The molecular formula is C30H40N4O5. The number of carbonyl (C=O) groups excluding carboxylic acids is 1. The van der Waals surface area contributed by atoms with Crippen LogP contribution in [0.15, 0.2) is 51.7 Å². The molecule has 1 amide bonds. The van der Waals surface area contributed by atoms with Crippen LogP contribution < -0.4 is 16.4 Å². The maximum absolute atomic E-state index is 13.2. The average molecular weight is 537 g/mol. The molecule has 4 atom stereocenters. The Morgan fingerprint density at radius 1 is 1.13 bits per heavy atom. The van der Waals surface area contributed by atoms with E-state index in [-0.39, 0.29) is 17.9 Å². The predicted octanol–water partition coefficient (Wildman–Crippen LogP) is 3.80. The summed E-state index contributed by atoms with van der Waals surface area (Å²) in [4.78, 5) is 25.0. The molecule has 3 rings (SSSR count). The van der Waals surface area contributed by atoms with Gasteiger partial charge in [0.1, 0.15) is 12.1 Å². The molecule has 0 saturated heterocycles.